The van der Waals surface area contributed by atoms with Crippen LogP contribution in [0.2, 0.25) is 0 Å². The summed E-state index contributed by atoms with van der Waals surface area (Å²) in [7, 11) is 3.24. The van der Waals surface area contributed by atoms with Crippen LogP contribution in [0.3, 0.4) is 0 Å². The van der Waals surface area contributed by atoms with E-state index in [1.807, 2.05) is 0 Å². The van der Waals surface area contributed by atoms with Gasteiger partial charge < -0.3 is 9.47 Å². The molecule has 0 aromatic rings. The van der Waals surface area contributed by atoms with Crippen LogP contribution in [0.1, 0.15) is 20.8 Å². The van der Waals surface area contributed by atoms with E-state index in [1.54, 1.807) is 14.1 Å². The number of ether oxygens (including phenoxy) is 2. The first kappa shape index (κ1) is 15.4. The van der Waals surface area contributed by atoms with E-state index < -0.39 is 17.8 Å². The number of nitrogens with zero attached hydrogens (tertiary/aromatic N) is 1. The highest BCUT2D eigenvalue weighted by Gasteiger charge is 2.36. The minimum atomic E-state index is -1.48. The Hall–Kier alpha value is -1.62. The summed E-state index contributed by atoms with van der Waals surface area (Å²) in [5, 5.41) is 0. The number of rotatable bonds is 5. The Bertz CT molecular complexity index is 330. The predicted octanol–water partition coefficient (Wildman–Crippen LogP) is 1.46. The average molecular weight is 241 g/mol. The predicted molar refractivity (Wildman–Crippen MR) is 63.9 cm³/mol. The Morgan fingerprint density at radius 2 is 1.29 bits per heavy atom. The summed E-state index contributed by atoms with van der Waals surface area (Å²) in [5.74, 6) is -2.74. The maximum atomic E-state index is 11.5. The van der Waals surface area contributed by atoms with Gasteiger partial charge in [0.1, 0.15) is 0 Å². The van der Waals surface area contributed by atoms with Gasteiger partial charge in [-0.25, -0.2) is 14.5 Å². The molecule has 0 amide bonds. The van der Waals surface area contributed by atoms with Crippen LogP contribution in [-0.4, -0.2) is 36.8 Å². The first-order valence-corrected chi connectivity index (χ1v) is 5.05. The second-order valence-electron chi connectivity index (χ2n) is 4.13. The summed E-state index contributed by atoms with van der Waals surface area (Å²) in [6.45, 7) is 11.4. The van der Waals surface area contributed by atoms with Gasteiger partial charge in [-0.3, -0.25) is 0 Å². The Labute approximate surface area is 102 Å². The zero-order valence-corrected chi connectivity index (χ0v) is 11.0. The lowest BCUT2D eigenvalue weighted by atomic mass is 10.3. The Kier molecular flexibility index (Phi) is 5.10. The molecule has 0 saturated carbocycles. The fourth-order valence-electron chi connectivity index (χ4n) is 0.722. The monoisotopic (exact) mass is 241 g/mol. The highest BCUT2D eigenvalue weighted by Crippen LogP contribution is 2.18. The molecule has 0 radical (unpaired) electrons. The maximum absolute atomic E-state index is 11.5. The van der Waals surface area contributed by atoms with E-state index in [0.717, 1.165) is 0 Å². The SMILES string of the molecule is C=C(C)C(=O)OC(C)(OC(=O)C(=C)C)N(C)C. The molecule has 0 aliphatic carbocycles. The summed E-state index contributed by atoms with van der Waals surface area (Å²) >= 11 is 0. The van der Waals surface area contributed by atoms with Gasteiger partial charge in [0.05, 0.1) is 0 Å². The van der Waals surface area contributed by atoms with Gasteiger partial charge in [-0.05, 0) is 27.9 Å². The van der Waals surface area contributed by atoms with Gasteiger partial charge in [-0.2, -0.15) is 0 Å². The lowest BCUT2D eigenvalue weighted by Crippen LogP contribution is -2.49. The van der Waals surface area contributed by atoms with Crippen molar-refractivity contribution in [2.24, 2.45) is 0 Å². The lowest BCUT2D eigenvalue weighted by Gasteiger charge is -2.34. The molecular weight excluding hydrogens is 222 g/mol. The average Bonchev–Trinajstić information content (AvgIpc) is 2.16. The number of esters is 2. The van der Waals surface area contributed by atoms with Crippen LogP contribution in [-0.2, 0) is 19.1 Å². The summed E-state index contributed by atoms with van der Waals surface area (Å²) in [6.07, 6.45) is 0. The molecule has 0 bridgehead atoms. The highest BCUT2D eigenvalue weighted by atomic mass is 16.8. The molecule has 0 aliphatic heterocycles. The van der Waals surface area contributed by atoms with E-state index >= 15 is 0 Å². The maximum Gasteiger partial charge on any atom is 0.337 e. The highest BCUT2D eigenvalue weighted by molar-refractivity contribution is 5.88. The molecular formula is C12H19NO4. The first-order valence-electron chi connectivity index (χ1n) is 5.05. The van der Waals surface area contributed by atoms with Crippen LogP contribution >= 0.6 is 0 Å². The third-order valence-corrected chi connectivity index (χ3v) is 2.07. The van der Waals surface area contributed by atoms with Crippen LogP contribution in [0.25, 0.3) is 0 Å². The quantitative estimate of drug-likeness (QED) is 0.414. The van der Waals surface area contributed by atoms with Gasteiger partial charge in [0, 0.05) is 18.1 Å². The largest absolute Gasteiger partial charge is 0.405 e. The molecule has 5 nitrogen and oxygen atoms in total. The number of carbonyl (C=O) groups is 2. The molecule has 0 unspecified atom stereocenters. The molecule has 17 heavy (non-hydrogen) atoms. The minimum absolute atomic E-state index is 0.226. The van der Waals surface area contributed by atoms with Crippen molar-refractivity contribution in [1.29, 1.82) is 0 Å². The van der Waals surface area contributed by atoms with E-state index in [4.69, 9.17) is 9.47 Å². The normalized spacial score (nSPS) is 10.9. The van der Waals surface area contributed by atoms with Crippen molar-refractivity contribution in [3.8, 4) is 0 Å². The molecule has 0 rings (SSSR count). The van der Waals surface area contributed by atoms with Gasteiger partial charge in [-0.1, -0.05) is 13.2 Å². The van der Waals surface area contributed by atoms with E-state index in [1.165, 1.54) is 25.7 Å². The van der Waals surface area contributed by atoms with Gasteiger partial charge >= 0.3 is 17.8 Å². The molecule has 96 valence electrons. The standard InChI is InChI=1S/C12H19NO4/c1-8(2)10(14)16-12(5,13(6)7)17-11(15)9(3)4/h1,3H2,2,4-7H3. The van der Waals surface area contributed by atoms with E-state index in [-0.39, 0.29) is 11.1 Å². The van der Waals surface area contributed by atoms with Gasteiger partial charge in [0.15, 0.2) is 0 Å². The molecule has 0 saturated heterocycles. The minimum Gasteiger partial charge on any atom is -0.405 e. The van der Waals surface area contributed by atoms with Crippen molar-refractivity contribution < 1.29 is 19.1 Å². The fourth-order valence-corrected chi connectivity index (χ4v) is 0.722. The molecule has 0 heterocycles. The third kappa shape index (κ3) is 4.40. The van der Waals surface area contributed by atoms with Crippen molar-refractivity contribution in [3.05, 3.63) is 24.3 Å². The topological polar surface area (TPSA) is 55.8 Å². The van der Waals surface area contributed by atoms with Gasteiger partial charge in [-0.15, -0.1) is 0 Å². The number of carbonyl (C=O) groups excluding carboxylic acids is 2. The van der Waals surface area contributed by atoms with Crippen LogP contribution in [0.5, 0.6) is 0 Å². The van der Waals surface area contributed by atoms with Crippen LogP contribution < -0.4 is 0 Å². The smallest absolute Gasteiger partial charge is 0.337 e. The van der Waals surface area contributed by atoms with E-state index in [2.05, 4.69) is 13.2 Å². The molecule has 0 N–H and O–H groups in total. The van der Waals surface area contributed by atoms with Crippen LogP contribution in [0.4, 0.5) is 0 Å². The van der Waals surface area contributed by atoms with E-state index in [9.17, 15) is 9.59 Å². The van der Waals surface area contributed by atoms with Crippen LogP contribution in [0.15, 0.2) is 24.3 Å². The molecule has 0 aliphatic rings. The van der Waals surface area contributed by atoms with E-state index in [0.29, 0.717) is 0 Å². The summed E-state index contributed by atoms with van der Waals surface area (Å²) in [5.41, 5.74) is 0.453. The molecule has 0 aromatic heterocycles. The Balaban J connectivity index is 4.92. The number of hydrogen-bond acceptors (Lipinski definition) is 5. The summed E-state index contributed by atoms with van der Waals surface area (Å²) in [6, 6.07) is 0. The van der Waals surface area contributed by atoms with Gasteiger partial charge in [0.25, 0.3) is 0 Å². The zero-order valence-electron chi connectivity index (χ0n) is 11.0. The van der Waals surface area contributed by atoms with Crippen molar-refractivity contribution in [2.75, 3.05) is 14.1 Å². The Morgan fingerprint density at radius 3 is 1.47 bits per heavy atom. The van der Waals surface area contributed by atoms with Gasteiger partial charge in [0.2, 0.25) is 0 Å². The zero-order chi connectivity index (χ0) is 13.8. The summed E-state index contributed by atoms with van der Waals surface area (Å²) in [4.78, 5) is 24.4. The molecule has 0 aromatic carbocycles. The second-order valence-corrected chi connectivity index (χ2v) is 4.13. The van der Waals surface area contributed by atoms with Crippen molar-refractivity contribution in [2.45, 2.75) is 26.7 Å². The van der Waals surface area contributed by atoms with Crippen LogP contribution in [0, 0.1) is 0 Å². The molecule has 5 heteroatoms. The second kappa shape index (κ2) is 5.63. The van der Waals surface area contributed by atoms with Crippen molar-refractivity contribution >= 4 is 11.9 Å². The molecule has 0 spiro atoms. The lowest BCUT2D eigenvalue weighted by molar-refractivity contribution is -0.265. The Morgan fingerprint density at radius 1 is 1.00 bits per heavy atom. The molecule has 0 fully saturated rings. The summed E-state index contributed by atoms with van der Waals surface area (Å²) < 4.78 is 10.2. The molecule has 0 atom stereocenters. The first-order chi connectivity index (χ1) is 7.60. The van der Waals surface area contributed by atoms with Crippen molar-refractivity contribution in [3.63, 3.8) is 0 Å². The fraction of sp³-hybridized carbons (Fsp3) is 0.500. The number of hydrogen-bond donors (Lipinski definition) is 0. The third-order valence-electron chi connectivity index (χ3n) is 2.07. The van der Waals surface area contributed by atoms with Crippen molar-refractivity contribution in [1.82, 2.24) is 4.90 Å².